The van der Waals surface area contributed by atoms with E-state index in [0.29, 0.717) is 19.4 Å². The van der Waals surface area contributed by atoms with Gasteiger partial charge in [-0.05, 0) is 42.0 Å². The molecule has 1 unspecified atom stereocenters. The van der Waals surface area contributed by atoms with Gasteiger partial charge in [0.1, 0.15) is 6.04 Å². The van der Waals surface area contributed by atoms with E-state index in [1.54, 1.807) is 0 Å². The van der Waals surface area contributed by atoms with Crippen LogP contribution in [0.3, 0.4) is 0 Å². The molecule has 2 aromatic rings. The number of carbonyl (C=O) groups excluding carboxylic acids is 3. The van der Waals surface area contributed by atoms with Crippen molar-refractivity contribution in [2.45, 2.75) is 52.1 Å². The van der Waals surface area contributed by atoms with E-state index in [4.69, 9.17) is 0 Å². The maximum Gasteiger partial charge on any atom is 0.247 e. The van der Waals surface area contributed by atoms with Gasteiger partial charge in [0, 0.05) is 31.6 Å². The Morgan fingerprint density at radius 1 is 1.03 bits per heavy atom. The third kappa shape index (κ3) is 6.41. The Balaban J connectivity index is 1.68. The number of nitrogens with one attached hydrogen (secondary N) is 2. The zero-order chi connectivity index (χ0) is 22.2. The average Bonchev–Trinajstić information content (AvgIpc) is 2.76. The second-order valence-corrected chi connectivity index (χ2v) is 8.40. The van der Waals surface area contributed by atoms with Gasteiger partial charge in [-0.25, -0.2) is 0 Å². The van der Waals surface area contributed by atoms with Crippen molar-refractivity contribution >= 4 is 23.4 Å². The average molecular weight is 422 g/mol. The lowest BCUT2D eigenvalue weighted by molar-refractivity contribution is -0.129. The molecule has 164 valence electrons. The molecular weight excluding hydrogens is 390 g/mol. The fourth-order valence-corrected chi connectivity index (χ4v) is 3.74. The van der Waals surface area contributed by atoms with Gasteiger partial charge in [-0.3, -0.25) is 14.4 Å². The molecule has 3 amide bonds. The molecule has 0 radical (unpaired) electrons. The summed E-state index contributed by atoms with van der Waals surface area (Å²) >= 11 is 0. The number of amides is 3. The molecular formula is C25H31N3O3. The Hall–Kier alpha value is -3.15. The maximum atomic E-state index is 13.0. The largest absolute Gasteiger partial charge is 0.350 e. The predicted octanol–water partition coefficient (Wildman–Crippen LogP) is 3.72. The second-order valence-electron chi connectivity index (χ2n) is 8.40. The highest BCUT2D eigenvalue weighted by molar-refractivity contribution is 5.94. The van der Waals surface area contributed by atoms with Gasteiger partial charge in [-0.2, -0.15) is 0 Å². The van der Waals surface area contributed by atoms with Crippen molar-refractivity contribution in [1.82, 2.24) is 10.6 Å². The molecule has 3 rings (SSSR count). The van der Waals surface area contributed by atoms with Crippen molar-refractivity contribution < 1.29 is 14.4 Å². The minimum atomic E-state index is -0.751. The zero-order valence-electron chi connectivity index (χ0n) is 18.3. The maximum absolute atomic E-state index is 13.0. The van der Waals surface area contributed by atoms with Gasteiger partial charge in [-0.1, -0.05) is 56.3 Å². The Kier molecular flexibility index (Phi) is 7.82. The highest BCUT2D eigenvalue weighted by atomic mass is 16.2. The minimum Gasteiger partial charge on any atom is -0.350 e. The van der Waals surface area contributed by atoms with Crippen molar-refractivity contribution in [2.24, 2.45) is 5.92 Å². The summed E-state index contributed by atoms with van der Waals surface area (Å²) in [6, 6.07) is 16.2. The number of nitrogens with zero attached hydrogens (tertiary/aromatic N) is 1. The van der Waals surface area contributed by atoms with Gasteiger partial charge in [0.25, 0.3) is 0 Å². The summed E-state index contributed by atoms with van der Waals surface area (Å²) in [5, 5.41) is 5.81. The van der Waals surface area contributed by atoms with Gasteiger partial charge in [-0.15, -0.1) is 0 Å². The van der Waals surface area contributed by atoms with Crippen molar-refractivity contribution in [3.63, 3.8) is 0 Å². The third-order valence-corrected chi connectivity index (χ3v) is 5.31. The van der Waals surface area contributed by atoms with E-state index in [1.165, 1.54) is 0 Å². The van der Waals surface area contributed by atoms with Crippen LogP contribution in [-0.2, 0) is 20.9 Å². The lowest BCUT2D eigenvalue weighted by Crippen LogP contribution is -2.40. The van der Waals surface area contributed by atoms with E-state index in [2.05, 4.69) is 10.6 Å². The molecule has 1 fully saturated rings. The lowest BCUT2D eigenvalue weighted by Gasteiger charge is -2.27. The van der Waals surface area contributed by atoms with Crippen LogP contribution in [0, 0.1) is 5.92 Å². The first-order valence-electron chi connectivity index (χ1n) is 11.0. The fourth-order valence-electron chi connectivity index (χ4n) is 3.74. The van der Waals surface area contributed by atoms with Gasteiger partial charge < -0.3 is 15.5 Å². The first-order valence-corrected chi connectivity index (χ1v) is 11.0. The van der Waals surface area contributed by atoms with Crippen LogP contribution < -0.4 is 15.5 Å². The van der Waals surface area contributed by atoms with E-state index in [9.17, 15) is 14.4 Å². The SMILES string of the molecule is CC(C)CC(=O)NC(C(=O)NCc1cccc(N2CCCCC2=O)c1)c1ccccc1. The van der Waals surface area contributed by atoms with Crippen molar-refractivity contribution in [3.05, 3.63) is 65.7 Å². The van der Waals surface area contributed by atoms with Crippen LogP contribution in [0.4, 0.5) is 5.69 Å². The van der Waals surface area contributed by atoms with E-state index in [-0.39, 0.29) is 23.6 Å². The predicted molar refractivity (Wildman–Crippen MR) is 121 cm³/mol. The molecule has 0 aromatic heterocycles. The number of rotatable bonds is 8. The highest BCUT2D eigenvalue weighted by Crippen LogP contribution is 2.22. The van der Waals surface area contributed by atoms with Gasteiger partial charge >= 0.3 is 0 Å². The van der Waals surface area contributed by atoms with Gasteiger partial charge in [0.15, 0.2) is 0 Å². The number of piperidine rings is 1. The molecule has 0 aliphatic carbocycles. The molecule has 0 saturated carbocycles. The standard InChI is InChI=1S/C25H31N3O3/c1-18(2)15-22(29)27-24(20-10-4-3-5-11-20)25(31)26-17-19-9-8-12-21(16-19)28-14-7-6-13-23(28)30/h3-5,8-12,16,18,24H,6-7,13-15,17H2,1-2H3,(H,26,31)(H,27,29). The number of carbonyl (C=O) groups is 3. The van der Waals surface area contributed by atoms with Gasteiger partial charge in [0.05, 0.1) is 0 Å². The summed E-state index contributed by atoms with van der Waals surface area (Å²) in [5.74, 6) is -0.0588. The Morgan fingerprint density at radius 3 is 2.52 bits per heavy atom. The van der Waals surface area contributed by atoms with E-state index < -0.39 is 6.04 Å². The fraction of sp³-hybridized carbons (Fsp3) is 0.400. The summed E-state index contributed by atoms with van der Waals surface area (Å²) in [6.07, 6.45) is 2.88. The molecule has 0 bridgehead atoms. The number of hydrogen-bond donors (Lipinski definition) is 2. The molecule has 1 saturated heterocycles. The molecule has 31 heavy (non-hydrogen) atoms. The molecule has 2 N–H and O–H groups in total. The van der Waals surface area contributed by atoms with Crippen LogP contribution in [-0.4, -0.2) is 24.3 Å². The summed E-state index contributed by atoms with van der Waals surface area (Å²) in [5.41, 5.74) is 2.51. The topological polar surface area (TPSA) is 78.5 Å². The Morgan fingerprint density at radius 2 is 1.81 bits per heavy atom. The van der Waals surface area contributed by atoms with Crippen molar-refractivity contribution in [2.75, 3.05) is 11.4 Å². The van der Waals surface area contributed by atoms with Crippen LogP contribution in [0.25, 0.3) is 0 Å². The molecule has 2 aromatic carbocycles. The van der Waals surface area contributed by atoms with Crippen LogP contribution in [0.5, 0.6) is 0 Å². The Bertz CT molecular complexity index is 911. The molecule has 1 aliphatic rings. The van der Waals surface area contributed by atoms with E-state index in [0.717, 1.165) is 36.2 Å². The molecule has 6 heteroatoms. The minimum absolute atomic E-state index is 0.143. The van der Waals surface area contributed by atoms with Crippen LogP contribution in [0.1, 0.15) is 56.7 Å². The van der Waals surface area contributed by atoms with E-state index in [1.807, 2.05) is 73.3 Å². The second kappa shape index (κ2) is 10.8. The quantitative estimate of drug-likeness (QED) is 0.682. The molecule has 1 heterocycles. The normalized spacial score (nSPS) is 14.9. The van der Waals surface area contributed by atoms with Crippen molar-refractivity contribution in [3.8, 4) is 0 Å². The Labute approximate surface area is 184 Å². The lowest BCUT2D eigenvalue weighted by atomic mass is 10.0. The molecule has 0 spiro atoms. The first kappa shape index (κ1) is 22.5. The van der Waals surface area contributed by atoms with Crippen molar-refractivity contribution in [1.29, 1.82) is 0 Å². The summed E-state index contributed by atoms with van der Waals surface area (Å²) < 4.78 is 0. The van der Waals surface area contributed by atoms with Crippen LogP contribution in [0.15, 0.2) is 54.6 Å². The van der Waals surface area contributed by atoms with Crippen LogP contribution >= 0.6 is 0 Å². The summed E-state index contributed by atoms with van der Waals surface area (Å²) in [6.45, 7) is 4.99. The molecule has 1 aliphatic heterocycles. The smallest absolute Gasteiger partial charge is 0.247 e. The monoisotopic (exact) mass is 421 g/mol. The molecule has 1 atom stereocenters. The first-order chi connectivity index (χ1) is 14.9. The zero-order valence-corrected chi connectivity index (χ0v) is 18.3. The van der Waals surface area contributed by atoms with Gasteiger partial charge in [0.2, 0.25) is 17.7 Å². The summed E-state index contributed by atoms with van der Waals surface area (Å²) in [4.78, 5) is 39.4. The number of hydrogen-bond acceptors (Lipinski definition) is 3. The summed E-state index contributed by atoms with van der Waals surface area (Å²) in [7, 11) is 0. The number of anilines is 1. The third-order valence-electron chi connectivity index (χ3n) is 5.31. The van der Waals surface area contributed by atoms with E-state index >= 15 is 0 Å². The van der Waals surface area contributed by atoms with Crippen LogP contribution in [0.2, 0.25) is 0 Å². The highest BCUT2D eigenvalue weighted by Gasteiger charge is 2.23. The number of benzene rings is 2. The molecule has 6 nitrogen and oxygen atoms in total.